The van der Waals surface area contributed by atoms with Crippen molar-refractivity contribution in [2.45, 2.75) is 0 Å². The Hall–Kier alpha value is -2.99. The number of hydrogen-bond acceptors (Lipinski definition) is 6. The summed E-state index contributed by atoms with van der Waals surface area (Å²) in [7, 11) is 0. The molecule has 0 bridgehead atoms. The van der Waals surface area contributed by atoms with Crippen LogP contribution >= 0.6 is 11.3 Å². The maximum Gasteiger partial charge on any atom is 0.196 e. The fraction of sp³-hybridized carbons (Fsp3) is 0. The second kappa shape index (κ2) is 4.76. The van der Waals surface area contributed by atoms with Crippen LogP contribution in [0.1, 0.15) is 0 Å². The van der Waals surface area contributed by atoms with Crippen LogP contribution in [0.15, 0.2) is 58.7 Å². The van der Waals surface area contributed by atoms with Gasteiger partial charge in [-0.2, -0.15) is 0 Å². The van der Waals surface area contributed by atoms with E-state index in [-0.39, 0.29) is 0 Å². The molecule has 0 unspecified atom stereocenters. The first-order valence-corrected chi connectivity index (χ1v) is 7.99. The molecule has 0 radical (unpaired) electrons. The highest BCUT2D eigenvalue weighted by Crippen LogP contribution is 2.32. The van der Waals surface area contributed by atoms with Gasteiger partial charge in [0.1, 0.15) is 17.4 Å². The van der Waals surface area contributed by atoms with E-state index in [9.17, 15) is 0 Å². The third-order valence-electron chi connectivity index (χ3n) is 3.75. The standard InChI is InChI=1S/C17H10N4OS/c1-2-4-13-11(3-1)15-16(22-13)17(19-8-18-15)21-10-5-6-12-14(7-10)23-9-20-12/h1-9H,(H,18,19,21). The van der Waals surface area contributed by atoms with E-state index in [0.717, 1.165) is 32.4 Å². The van der Waals surface area contributed by atoms with Gasteiger partial charge in [0.25, 0.3) is 0 Å². The van der Waals surface area contributed by atoms with Crippen molar-refractivity contribution in [3.8, 4) is 0 Å². The summed E-state index contributed by atoms with van der Waals surface area (Å²) in [6.07, 6.45) is 1.55. The first kappa shape index (κ1) is 12.5. The van der Waals surface area contributed by atoms with Gasteiger partial charge >= 0.3 is 0 Å². The van der Waals surface area contributed by atoms with E-state index >= 15 is 0 Å². The van der Waals surface area contributed by atoms with Gasteiger partial charge < -0.3 is 9.73 Å². The van der Waals surface area contributed by atoms with Crippen molar-refractivity contribution in [3.63, 3.8) is 0 Å². The van der Waals surface area contributed by atoms with E-state index < -0.39 is 0 Å². The van der Waals surface area contributed by atoms with Crippen molar-refractivity contribution in [3.05, 3.63) is 54.3 Å². The summed E-state index contributed by atoms with van der Waals surface area (Å²) in [5.74, 6) is 0.662. The highest BCUT2D eigenvalue weighted by Gasteiger charge is 2.13. The molecular formula is C17H10N4OS. The Morgan fingerprint density at radius 1 is 1.00 bits per heavy atom. The minimum Gasteiger partial charge on any atom is -0.450 e. The van der Waals surface area contributed by atoms with E-state index in [2.05, 4.69) is 26.3 Å². The summed E-state index contributed by atoms with van der Waals surface area (Å²) in [4.78, 5) is 13.0. The lowest BCUT2D eigenvalue weighted by atomic mass is 10.2. The van der Waals surface area contributed by atoms with Crippen LogP contribution in [-0.2, 0) is 0 Å². The number of aromatic nitrogens is 3. The topological polar surface area (TPSA) is 63.8 Å². The van der Waals surface area contributed by atoms with E-state index in [1.165, 1.54) is 0 Å². The Kier molecular flexibility index (Phi) is 2.59. The fourth-order valence-corrected chi connectivity index (χ4v) is 3.40. The lowest BCUT2D eigenvalue weighted by Crippen LogP contribution is -1.94. The molecule has 0 aliphatic carbocycles. The number of benzene rings is 2. The van der Waals surface area contributed by atoms with Crippen LogP contribution in [-0.4, -0.2) is 15.0 Å². The van der Waals surface area contributed by atoms with Crippen LogP contribution < -0.4 is 5.32 Å². The lowest BCUT2D eigenvalue weighted by molar-refractivity contribution is 0.667. The first-order chi connectivity index (χ1) is 11.4. The maximum atomic E-state index is 5.93. The summed E-state index contributed by atoms with van der Waals surface area (Å²) in [6.45, 7) is 0. The SMILES string of the molecule is c1ccc2c(c1)oc1c(Nc3ccc4ncsc4c3)ncnc12. The van der Waals surface area contributed by atoms with E-state index in [4.69, 9.17) is 4.42 Å². The van der Waals surface area contributed by atoms with Gasteiger partial charge in [-0.15, -0.1) is 11.3 Å². The van der Waals surface area contributed by atoms with Crippen molar-refractivity contribution in [1.82, 2.24) is 15.0 Å². The molecule has 3 heterocycles. The Bertz CT molecular complexity index is 1160. The Morgan fingerprint density at radius 3 is 2.96 bits per heavy atom. The quantitative estimate of drug-likeness (QED) is 0.510. The molecule has 0 aliphatic heterocycles. The van der Waals surface area contributed by atoms with Crippen LogP contribution in [0.2, 0.25) is 0 Å². The van der Waals surface area contributed by atoms with Crippen LogP contribution in [0, 0.1) is 0 Å². The summed E-state index contributed by atoms with van der Waals surface area (Å²) >= 11 is 1.61. The molecule has 0 aliphatic rings. The van der Waals surface area contributed by atoms with Crippen molar-refractivity contribution in [2.75, 3.05) is 5.32 Å². The largest absolute Gasteiger partial charge is 0.450 e. The summed E-state index contributed by atoms with van der Waals surface area (Å²) in [6, 6.07) is 13.9. The van der Waals surface area contributed by atoms with Crippen LogP contribution in [0.3, 0.4) is 0 Å². The molecule has 5 aromatic rings. The molecule has 0 atom stereocenters. The minimum absolute atomic E-state index is 0.662. The van der Waals surface area contributed by atoms with Crippen molar-refractivity contribution >= 4 is 55.1 Å². The summed E-state index contributed by atoms with van der Waals surface area (Å²) in [5.41, 5.74) is 6.08. The number of para-hydroxylation sites is 1. The van der Waals surface area contributed by atoms with Crippen LogP contribution in [0.5, 0.6) is 0 Å². The molecule has 1 N–H and O–H groups in total. The molecule has 110 valence electrons. The lowest BCUT2D eigenvalue weighted by Gasteiger charge is -2.05. The van der Waals surface area contributed by atoms with Gasteiger partial charge in [0.05, 0.1) is 15.7 Å². The number of rotatable bonds is 2. The van der Waals surface area contributed by atoms with E-state index in [1.54, 1.807) is 17.7 Å². The fourth-order valence-electron chi connectivity index (χ4n) is 2.68. The Balaban J connectivity index is 1.67. The zero-order valence-electron chi connectivity index (χ0n) is 11.9. The van der Waals surface area contributed by atoms with Crippen molar-refractivity contribution in [1.29, 1.82) is 0 Å². The molecule has 5 nitrogen and oxygen atoms in total. The second-order valence-electron chi connectivity index (χ2n) is 5.16. The molecular weight excluding hydrogens is 308 g/mol. The predicted molar refractivity (Wildman–Crippen MR) is 92.2 cm³/mol. The van der Waals surface area contributed by atoms with Gasteiger partial charge in [-0.1, -0.05) is 12.1 Å². The Labute approximate surface area is 134 Å². The number of nitrogens with zero attached hydrogens (tertiary/aromatic N) is 3. The second-order valence-corrected chi connectivity index (χ2v) is 6.04. The molecule has 0 amide bonds. The monoisotopic (exact) mass is 318 g/mol. The number of furan rings is 1. The van der Waals surface area contributed by atoms with Crippen molar-refractivity contribution in [2.24, 2.45) is 0 Å². The van der Waals surface area contributed by atoms with Gasteiger partial charge in [0.15, 0.2) is 11.4 Å². The smallest absolute Gasteiger partial charge is 0.196 e. The molecule has 3 aromatic heterocycles. The predicted octanol–water partition coefficient (Wildman–Crippen LogP) is 4.73. The van der Waals surface area contributed by atoms with Gasteiger partial charge in [0, 0.05) is 11.1 Å². The maximum absolute atomic E-state index is 5.93. The number of thiazole rings is 1. The zero-order chi connectivity index (χ0) is 15.2. The molecule has 0 saturated carbocycles. The highest BCUT2D eigenvalue weighted by atomic mass is 32.1. The number of hydrogen-bond donors (Lipinski definition) is 1. The first-order valence-electron chi connectivity index (χ1n) is 7.11. The summed E-state index contributed by atoms with van der Waals surface area (Å²) < 4.78 is 7.06. The summed E-state index contributed by atoms with van der Waals surface area (Å²) in [5, 5.41) is 4.32. The van der Waals surface area contributed by atoms with E-state index in [1.807, 2.05) is 41.9 Å². The Morgan fingerprint density at radius 2 is 1.96 bits per heavy atom. The molecule has 0 spiro atoms. The third-order valence-corrected chi connectivity index (χ3v) is 4.54. The number of anilines is 2. The molecule has 0 saturated heterocycles. The average molecular weight is 318 g/mol. The van der Waals surface area contributed by atoms with Crippen LogP contribution in [0.25, 0.3) is 32.3 Å². The van der Waals surface area contributed by atoms with Gasteiger partial charge in [-0.25, -0.2) is 15.0 Å². The van der Waals surface area contributed by atoms with Gasteiger partial charge in [-0.3, -0.25) is 0 Å². The van der Waals surface area contributed by atoms with Crippen molar-refractivity contribution < 1.29 is 4.42 Å². The van der Waals surface area contributed by atoms with Crippen LogP contribution in [0.4, 0.5) is 11.5 Å². The molecule has 5 rings (SSSR count). The molecule has 2 aromatic carbocycles. The number of fused-ring (bicyclic) bond motifs is 4. The van der Waals surface area contributed by atoms with Gasteiger partial charge in [-0.05, 0) is 30.3 Å². The molecule has 23 heavy (non-hydrogen) atoms. The zero-order valence-corrected chi connectivity index (χ0v) is 12.7. The average Bonchev–Trinajstić information content (AvgIpc) is 3.19. The normalized spacial score (nSPS) is 11.5. The highest BCUT2D eigenvalue weighted by molar-refractivity contribution is 7.16. The number of nitrogens with one attached hydrogen (secondary N) is 1. The molecule has 0 fully saturated rings. The molecule has 6 heteroatoms. The van der Waals surface area contributed by atoms with Gasteiger partial charge in [0.2, 0.25) is 0 Å². The third kappa shape index (κ3) is 1.96. The van der Waals surface area contributed by atoms with E-state index in [0.29, 0.717) is 11.4 Å². The minimum atomic E-state index is 0.662.